The summed E-state index contributed by atoms with van der Waals surface area (Å²) in [6.07, 6.45) is 0. The second-order valence-electron chi connectivity index (χ2n) is 6.39. The van der Waals surface area contributed by atoms with Crippen molar-refractivity contribution in [3.63, 3.8) is 0 Å². The van der Waals surface area contributed by atoms with Crippen molar-refractivity contribution in [1.82, 2.24) is 0 Å². The van der Waals surface area contributed by atoms with E-state index in [0.29, 0.717) is 16.5 Å². The molecule has 0 saturated heterocycles. The second-order valence-corrected chi connectivity index (χ2v) is 6.39. The average Bonchev–Trinajstić information content (AvgIpc) is 2.78. The minimum atomic E-state index is -0.569. The van der Waals surface area contributed by atoms with Gasteiger partial charge in [-0.3, -0.25) is 4.79 Å². The molecule has 3 aromatic carbocycles. The predicted octanol–water partition coefficient (Wildman–Crippen LogP) is 4.58. The van der Waals surface area contributed by atoms with Crippen LogP contribution in [0, 0.1) is 0 Å². The molecule has 4 rings (SSSR count). The molecule has 144 valence electrons. The normalized spacial score (nSPS) is 10.6. The lowest BCUT2D eigenvalue weighted by atomic mass is 10.1. The topological polar surface area (TPSA) is 65.7 Å². The number of hydrogen-bond acceptors (Lipinski definition) is 5. The highest BCUT2D eigenvalue weighted by Gasteiger charge is 2.18. The summed E-state index contributed by atoms with van der Waals surface area (Å²) in [4.78, 5) is 25.1. The van der Waals surface area contributed by atoms with Crippen LogP contribution in [0.3, 0.4) is 0 Å². The smallest absolute Gasteiger partial charge is 0.344 e. The quantitative estimate of drug-likeness (QED) is 0.454. The van der Waals surface area contributed by atoms with Crippen LogP contribution in [0.1, 0.15) is 5.56 Å². The van der Waals surface area contributed by atoms with E-state index in [1.807, 2.05) is 60.7 Å². The van der Waals surface area contributed by atoms with Crippen LogP contribution in [0.15, 0.2) is 94.1 Å². The van der Waals surface area contributed by atoms with Crippen LogP contribution in [-0.4, -0.2) is 12.6 Å². The second kappa shape index (κ2) is 8.44. The van der Waals surface area contributed by atoms with Gasteiger partial charge in [0.05, 0.1) is 5.39 Å². The van der Waals surface area contributed by atoms with E-state index in [1.54, 1.807) is 24.3 Å². The Morgan fingerprint density at radius 3 is 2.24 bits per heavy atom. The molecule has 0 saturated carbocycles. The summed E-state index contributed by atoms with van der Waals surface area (Å²) in [6.45, 7) is -0.253. The highest BCUT2D eigenvalue weighted by Crippen LogP contribution is 2.30. The summed E-state index contributed by atoms with van der Waals surface area (Å²) < 4.78 is 16.8. The van der Waals surface area contributed by atoms with Gasteiger partial charge in [0, 0.05) is 5.56 Å². The van der Waals surface area contributed by atoms with Gasteiger partial charge in [0.2, 0.25) is 11.2 Å². The predicted molar refractivity (Wildman–Crippen MR) is 110 cm³/mol. The number of esters is 1. The zero-order valence-corrected chi connectivity index (χ0v) is 15.5. The van der Waals surface area contributed by atoms with E-state index in [0.717, 1.165) is 5.56 Å². The van der Waals surface area contributed by atoms with Crippen LogP contribution in [-0.2, 0) is 16.1 Å². The molecule has 0 aliphatic heterocycles. The monoisotopic (exact) mass is 386 g/mol. The van der Waals surface area contributed by atoms with Crippen LogP contribution in [0.2, 0.25) is 0 Å². The van der Waals surface area contributed by atoms with Gasteiger partial charge in [-0.25, -0.2) is 4.79 Å². The zero-order valence-electron chi connectivity index (χ0n) is 15.5. The van der Waals surface area contributed by atoms with Crippen molar-refractivity contribution < 1.29 is 18.7 Å². The van der Waals surface area contributed by atoms with Gasteiger partial charge in [0.15, 0.2) is 12.4 Å². The maximum absolute atomic E-state index is 13.0. The van der Waals surface area contributed by atoms with Crippen molar-refractivity contribution in [3.8, 4) is 17.1 Å². The summed E-state index contributed by atoms with van der Waals surface area (Å²) in [5.41, 5.74) is 1.68. The molecule has 5 heteroatoms. The van der Waals surface area contributed by atoms with Crippen molar-refractivity contribution in [2.45, 2.75) is 6.61 Å². The third kappa shape index (κ3) is 4.19. The van der Waals surface area contributed by atoms with Crippen molar-refractivity contribution >= 4 is 16.9 Å². The van der Waals surface area contributed by atoms with E-state index in [2.05, 4.69) is 0 Å². The van der Waals surface area contributed by atoms with E-state index in [9.17, 15) is 9.59 Å². The lowest BCUT2D eigenvalue weighted by Gasteiger charge is -2.11. The fourth-order valence-corrected chi connectivity index (χ4v) is 2.95. The molecule has 0 radical (unpaired) electrons. The van der Waals surface area contributed by atoms with E-state index >= 15 is 0 Å². The fourth-order valence-electron chi connectivity index (χ4n) is 2.95. The van der Waals surface area contributed by atoms with Crippen molar-refractivity contribution in [1.29, 1.82) is 0 Å². The van der Waals surface area contributed by atoms with E-state index in [4.69, 9.17) is 13.9 Å². The molecule has 4 aromatic rings. The first-order chi connectivity index (χ1) is 14.2. The molecule has 1 heterocycles. The Morgan fingerprint density at radius 1 is 0.828 bits per heavy atom. The summed E-state index contributed by atoms with van der Waals surface area (Å²) in [7, 11) is 0. The first kappa shape index (κ1) is 18.5. The maximum Gasteiger partial charge on any atom is 0.344 e. The first-order valence-electron chi connectivity index (χ1n) is 9.16. The van der Waals surface area contributed by atoms with Crippen LogP contribution in [0.25, 0.3) is 22.3 Å². The van der Waals surface area contributed by atoms with E-state index in [-0.39, 0.29) is 23.5 Å². The molecule has 0 N–H and O–H groups in total. The van der Waals surface area contributed by atoms with Gasteiger partial charge in [-0.2, -0.15) is 0 Å². The molecule has 0 unspecified atom stereocenters. The molecule has 0 aliphatic carbocycles. The first-order valence-corrected chi connectivity index (χ1v) is 9.16. The largest absolute Gasteiger partial charge is 0.474 e. The molecule has 29 heavy (non-hydrogen) atoms. The van der Waals surface area contributed by atoms with Crippen molar-refractivity contribution in [2.24, 2.45) is 0 Å². The maximum atomic E-state index is 13.0. The molecule has 1 aromatic heterocycles. The van der Waals surface area contributed by atoms with Gasteiger partial charge >= 0.3 is 5.97 Å². The molecule has 5 nitrogen and oxygen atoms in total. The number of para-hydroxylation sites is 1. The SMILES string of the molecule is O=C(COc1c(-c2ccccc2)oc2ccccc2c1=O)OCc1ccccc1. The Bertz CT molecular complexity index is 1180. The lowest BCUT2D eigenvalue weighted by Crippen LogP contribution is -2.18. The molecule has 0 atom stereocenters. The number of ether oxygens (including phenoxy) is 2. The molecule has 0 aliphatic rings. The molecule has 0 bridgehead atoms. The molecular formula is C24H18O5. The third-order valence-electron chi connectivity index (χ3n) is 4.37. The van der Waals surface area contributed by atoms with Crippen molar-refractivity contribution in [2.75, 3.05) is 6.61 Å². The fraction of sp³-hybridized carbons (Fsp3) is 0.0833. The Balaban J connectivity index is 1.59. The van der Waals surface area contributed by atoms with Gasteiger partial charge in [-0.05, 0) is 17.7 Å². The minimum absolute atomic E-state index is 0.00781. The van der Waals surface area contributed by atoms with Gasteiger partial charge in [0.25, 0.3) is 0 Å². The Hall–Kier alpha value is -3.86. The standard InChI is InChI=1S/C24H18O5/c25-21(27-15-17-9-3-1-4-10-17)16-28-24-22(26)19-13-7-8-14-20(19)29-23(24)18-11-5-2-6-12-18/h1-14H,15-16H2. The molecule has 0 amide bonds. The van der Waals surface area contributed by atoms with Gasteiger partial charge in [-0.15, -0.1) is 0 Å². The Kier molecular flexibility index (Phi) is 5.38. The number of hydrogen-bond donors (Lipinski definition) is 0. The average molecular weight is 386 g/mol. The summed E-state index contributed by atoms with van der Waals surface area (Å²) in [5.74, 6) is -0.294. The van der Waals surface area contributed by atoms with Gasteiger partial charge in [0.1, 0.15) is 12.2 Å². The third-order valence-corrected chi connectivity index (χ3v) is 4.37. The van der Waals surface area contributed by atoms with Crippen LogP contribution in [0.5, 0.6) is 5.75 Å². The van der Waals surface area contributed by atoms with Crippen LogP contribution in [0.4, 0.5) is 0 Å². The van der Waals surface area contributed by atoms with Gasteiger partial charge < -0.3 is 13.9 Å². The number of rotatable bonds is 6. The van der Waals surface area contributed by atoms with Crippen LogP contribution >= 0.6 is 0 Å². The van der Waals surface area contributed by atoms with Crippen LogP contribution < -0.4 is 10.2 Å². The highest BCUT2D eigenvalue weighted by molar-refractivity contribution is 5.82. The van der Waals surface area contributed by atoms with Crippen molar-refractivity contribution in [3.05, 3.63) is 101 Å². The minimum Gasteiger partial charge on any atom is -0.474 e. The van der Waals surface area contributed by atoms with Gasteiger partial charge in [-0.1, -0.05) is 72.8 Å². The number of carbonyl (C=O) groups excluding carboxylic acids is 1. The highest BCUT2D eigenvalue weighted by atomic mass is 16.6. The van der Waals surface area contributed by atoms with E-state index < -0.39 is 12.6 Å². The number of fused-ring (bicyclic) bond motifs is 1. The van der Waals surface area contributed by atoms with E-state index in [1.165, 1.54) is 0 Å². The molecule has 0 fully saturated rings. The number of benzene rings is 3. The lowest BCUT2D eigenvalue weighted by molar-refractivity contribution is -0.147. The molecule has 0 spiro atoms. The summed E-state index contributed by atoms with van der Waals surface area (Å²) in [5, 5.41) is 0.389. The summed E-state index contributed by atoms with van der Waals surface area (Å²) >= 11 is 0. The summed E-state index contributed by atoms with van der Waals surface area (Å²) in [6, 6.07) is 25.4. The zero-order chi connectivity index (χ0) is 20.1. The molecular weight excluding hydrogens is 368 g/mol. The Labute approximate surface area is 167 Å². The number of carbonyl (C=O) groups is 1. The Morgan fingerprint density at radius 2 is 1.48 bits per heavy atom.